The van der Waals surface area contributed by atoms with Gasteiger partial charge in [-0.25, -0.2) is 4.39 Å². The predicted octanol–water partition coefficient (Wildman–Crippen LogP) is 5.32. The van der Waals surface area contributed by atoms with Crippen LogP contribution in [0.3, 0.4) is 0 Å². The van der Waals surface area contributed by atoms with E-state index in [0.29, 0.717) is 10.3 Å². The van der Waals surface area contributed by atoms with Gasteiger partial charge in [0.2, 0.25) is 0 Å². The van der Waals surface area contributed by atoms with Gasteiger partial charge in [-0.1, -0.05) is 0 Å². The molecule has 1 aromatic carbocycles. The summed E-state index contributed by atoms with van der Waals surface area (Å²) in [5.41, 5.74) is 2.38. The lowest BCUT2D eigenvalue weighted by Gasteiger charge is -2.14. The summed E-state index contributed by atoms with van der Waals surface area (Å²) in [4.78, 5) is 5.77. The number of aromatic amines is 1. The van der Waals surface area contributed by atoms with Gasteiger partial charge in [-0.05, 0) is 62.8 Å². The number of thiophene rings is 1. The second kappa shape index (κ2) is 5.39. The molecule has 21 heavy (non-hydrogen) atoms. The Labute approximate surface area is 132 Å². The zero-order valence-corrected chi connectivity index (χ0v) is 13.9. The van der Waals surface area contributed by atoms with Crippen LogP contribution in [0.2, 0.25) is 0 Å². The van der Waals surface area contributed by atoms with Gasteiger partial charge in [0.15, 0.2) is 4.77 Å². The fraction of sp³-hybridized carbons (Fsp3) is 0.312. The van der Waals surface area contributed by atoms with E-state index in [1.54, 1.807) is 6.92 Å². The van der Waals surface area contributed by atoms with E-state index in [-0.39, 0.29) is 11.9 Å². The maximum Gasteiger partial charge on any atom is 0.178 e. The van der Waals surface area contributed by atoms with Crippen molar-refractivity contribution >= 4 is 34.6 Å². The van der Waals surface area contributed by atoms with Crippen LogP contribution in [-0.2, 0) is 6.42 Å². The van der Waals surface area contributed by atoms with Crippen molar-refractivity contribution in [1.29, 1.82) is 0 Å². The average Bonchev–Trinajstić information content (AvgIpc) is 2.93. The third-order valence-electron chi connectivity index (χ3n) is 3.73. The first-order valence-electron chi connectivity index (χ1n) is 6.91. The van der Waals surface area contributed by atoms with E-state index in [1.165, 1.54) is 15.8 Å². The Bertz CT molecular complexity index is 857. The number of rotatable bonds is 3. The largest absolute Gasteiger partial charge is 0.330 e. The van der Waals surface area contributed by atoms with Crippen LogP contribution in [-0.4, -0.2) is 9.55 Å². The predicted molar refractivity (Wildman–Crippen MR) is 89.3 cm³/mol. The summed E-state index contributed by atoms with van der Waals surface area (Å²) in [6, 6.07) is 7.93. The topological polar surface area (TPSA) is 20.7 Å². The fourth-order valence-corrected chi connectivity index (χ4v) is 4.06. The number of fused-ring (bicyclic) bond motifs is 1. The Morgan fingerprint density at radius 2 is 2.10 bits per heavy atom. The first-order chi connectivity index (χ1) is 9.95. The van der Waals surface area contributed by atoms with E-state index in [1.807, 2.05) is 17.4 Å². The van der Waals surface area contributed by atoms with Crippen LogP contribution in [0.4, 0.5) is 4.39 Å². The number of nitrogens with zero attached hydrogens (tertiary/aromatic N) is 1. The maximum atomic E-state index is 13.7. The smallest absolute Gasteiger partial charge is 0.178 e. The third-order valence-corrected chi connectivity index (χ3v) is 5.05. The molecular weight excluding hydrogens is 303 g/mol. The van der Waals surface area contributed by atoms with Gasteiger partial charge in [0.05, 0.1) is 11.0 Å². The highest BCUT2D eigenvalue weighted by molar-refractivity contribution is 7.71. The SMILES string of the molecule is Cc1ccc(CC(C)n2c(=S)[nH]c3cc(F)c(C)cc32)s1. The van der Waals surface area contributed by atoms with Crippen molar-refractivity contribution in [2.75, 3.05) is 0 Å². The Morgan fingerprint density at radius 1 is 1.33 bits per heavy atom. The molecule has 2 heterocycles. The molecule has 0 aliphatic heterocycles. The minimum Gasteiger partial charge on any atom is -0.330 e. The van der Waals surface area contributed by atoms with Crippen molar-refractivity contribution in [3.63, 3.8) is 0 Å². The minimum absolute atomic E-state index is 0.201. The first kappa shape index (κ1) is 14.5. The van der Waals surface area contributed by atoms with E-state index in [9.17, 15) is 4.39 Å². The zero-order valence-electron chi connectivity index (χ0n) is 12.2. The van der Waals surface area contributed by atoms with Gasteiger partial charge in [0, 0.05) is 22.2 Å². The number of H-pyrrole nitrogens is 1. The summed E-state index contributed by atoms with van der Waals surface area (Å²) in [6.45, 7) is 6.04. The molecular formula is C16H17FN2S2. The second-order valence-electron chi connectivity index (χ2n) is 5.48. The second-order valence-corrected chi connectivity index (χ2v) is 7.24. The average molecular weight is 320 g/mol. The summed E-state index contributed by atoms with van der Waals surface area (Å²) in [6.07, 6.45) is 0.927. The molecule has 5 heteroatoms. The van der Waals surface area contributed by atoms with Gasteiger partial charge in [-0.2, -0.15) is 0 Å². The third kappa shape index (κ3) is 2.68. The van der Waals surface area contributed by atoms with Crippen molar-refractivity contribution in [3.8, 4) is 0 Å². The molecule has 2 aromatic heterocycles. The minimum atomic E-state index is -0.201. The summed E-state index contributed by atoms with van der Waals surface area (Å²) in [7, 11) is 0. The van der Waals surface area contributed by atoms with E-state index >= 15 is 0 Å². The van der Waals surface area contributed by atoms with Crippen LogP contribution >= 0.6 is 23.6 Å². The summed E-state index contributed by atoms with van der Waals surface area (Å²) >= 11 is 7.24. The molecule has 0 spiro atoms. The van der Waals surface area contributed by atoms with Gasteiger partial charge >= 0.3 is 0 Å². The summed E-state index contributed by atoms with van der Waals surface area (Å²) in [5.74, 6) is -0.201. The molecule has 0 aliphatic rings. The number of imidazole rings is 1. The van der Waals surface area contributed by atoms with E-state index in [4.69, 9.17) is 12.2 Å². The van der Waals surface area contributed by atoms with Crippen LogP contribution in [0.15, 0.2) is 24.3 Å². The molecule has 0 bridgehead atoms. The molecule has 0 saturated carbocycles. The number of nitrogens with one attached hydrogen (secondary N) is 1. The molecule has 0 amide bonds. The molecule has 0 radical (unpaired) electrons. The quantitative estimate of drug-likeness (QED) is 0.648. The molecule has 0 aliphatic carbocycles. The van der Waals surface area contributed by atoms with Crippen molar-refractivity contribution in [2.45, 2.75) is 33.2 Å². The molecule has 2 nitrogen and oxygen atoms in total. The normalized spacial score (nSPS) is 13.0. The lowest BCUT2D eigenvalue weighted by Crippen LogP contribution is -2.07. The number of benzene rings is 1. The highest BCUT2D eigenvalue weighted by Crippen LogP contribution is 2.26. The van der Waals surface area contributed by atoms with Gasteiger partial charge in [-0.3, -0.25) is 0 Å². The van der Waals surface area contributed by atoms with Crippen LogP contribution in [0, 0.1) is 24.4 Å². The molecule has 1 atom stereocenters. The molecule has 3 aromatic rings. The number of hydrogen-bond donors (Lipinski definition) is 1. The Balaban J connectivity index is 2.04. The van der Waals surface area contributed by atoms with E-state index < -0.39 is 0 Å². The van der Waals surface area contributed by atoms with Crippen LogP contribution in [0.1, 0.15) is 28.3 Å². The van der Waals surface area contributed by atoms with Crippen LogP contribution < -0.4 is 0 Å². The lowest BCUT2D eigenvalue weighted by atomic mass is 10.1. The van der Waals surface area contributed by atoms with Gasteiger partial charge < -0.3 is 9.55 Å². The number of aromatic nitrogens is 2. The monoisotopic (exact) mass is 320 g/mol. The molecule has 1 unspecified atom stereocenters. The standard InChI is InChI=1S/C16H17FN2S2/c1-9-6-15-14(8-13(9)17)18-16(20)19(15)10(2)7-12-5-4-11(3)21-12/h4-6,8,10H,7H2,1-3H3,(H,18,20). The lowest BCUT2D eigenvalue weighted by molar-refractivity contribution is 0.556. The first-order valence-corrected chi connectivity index (χ1v) is 8.14. The van der Waals surface area contributed by atoms with Gasteiger partial charge in [0.1, 0.15) is 5.82 Å². The van der Waals surface area contributed by atoms with E-state index in [2.05, 4.69) is 35.5 Å². The highest BCUT2D eigenvalue weighted by Gasteiger charge is 2.14. The Morgan fingerprint density at radius 3 is 2.76 bits per heavy atom. The van der Waals surface area contributed by atoms with Crippen molar-refractivity contribution in [2.24, 2.45) is 0 Å². The molecule has 0 fully saturated rings. The fourth-order valence-electron chi connectivity index (χ4n) is 2.67. The number of aryl methyl sites for hydroxylation is 2. The Hall–Kier alpha value is -1.46. The number of hydrogen-bond acceptors (Lipinski definition) is 2. The zero-order chi connectivity index (χ0) is 15.1. The summed E-state index contributed by atoms with van der Waals surface area (Å²) in [5, 5.41) is 0. The summed E-state index contributed by atoms with van der Waals surface area (Å²) < 4.78 is 16.4. The molecule has 3 rings (SSSR count). The van der Waals surface area contributed by atoms with Crippen molar-refractivity contribution in [3.05, 3.63) is 50.2 Å². The van der Waals surface area contributed by atoms with Gasteiger partial charge in [0.25, 0.3) is 0 Å². The van der Waals surface area contributed by atoms with Crippen molar-refractivity contribution < 1.29 is 4.39 Å². The maximum absolute atomic E-state index is 13.7. The number of halogens is 1. The Kier molecular flexibility index (Phi) is 3.71. The molecule has 0 saturated heterocycles. The van der Waals surface area contributed by atoms with Crippen LogP contribution in [0.5, 0.6) is 0 Å². The van der Waals surface area contributed by atoms with Gasteiger partial charge in [-0.15, -0.1) is 11.3 Å². The van der Waals surface area contributed by atoms with Crippen molar-refractivity contribution in [1.82, 2.24) is 9.55 Å². The highest BCUT2D eigenvalue weighted by atomic mass is 32.1. The molecule has 110 valence electrons. The van der Waals surface area contributed by atoms with E-state index in [0.717, 1.165) is 17.5 Å². The van der Waals surface area contributed by atoms with Crippen LogP contribution in [0.25, 0.3) is 11.0 Å². The molecule has 1 N–H and O–H groups in total.